The van der Waals surface area contributed by atoms with E-state index < -0.39 is 11.7 Å². The van der Waals surface area contributed by atoms with Gasteiger partial charge in [-0.2, -0.15) is 0 Å². The Morgan fingerprint density at radius 3 is 2.07 bits per heavy atom. The minimum absolute atomic E-state index is 0.199. The smallest absolute Gasteiger partial charge is 0.0718 e. The third-order valence-electron chi connectivity index (χ3n) is 3.18. The molecule has 92 valence electrons. The molecule has 3 heteroatoms. The van der Waals surface area contributed by atoms with Crippen molar-refractivity contribution < 1.29 is 10.2 Å². The molecule has 0 saturated carbocycles. The molecule has 0 spiro atoms. The third kappa shape index (κ3) is 4.49. The number of nitrogens with one attached hydrogen (secondary N) is 1. The van der Waals surface area contributed by atoms with Gasteiger partial charge in [-0.1, -0.05) is 34.6 Å². The fourth-order valence-corrected chi connectivity index (χ4v) is 1.75. The number of rotatable bonds is 6. The predicted molar refractivity (Wildman–Crippen MR) is 63.9 cm³/mol. The van der Waals surface area contributed by atoms with E-state index in [9.17, 15) is 10.2 Å². The molecule has 2 atom stereocenters. The van der Waals surface area contributed by atoms with Crippen LogP contribution in [-0.2, 0) is 0 Å². The molecule has 0 amide bonds. The number of likely N-dealkylation sites (N-methyl/N-ethyl adjacent to an activating group) is 1. The molecule has 0 aliphatic carbocycles. The van der Waals surface area contributed by atoms with Gasteiger partial charge in [0.2, 0.25) is 0 Å². The summed E-state index contributed by atoms with van der Waals surface area (Å²) in [5, 5.41) is 23.3. The average molecular weight is 217 g/mol. The second-order valence-electron chi connectivity index (χ2n) is 5.30. The normalized spacial score (nSPS) is 18.6. The van der Waals surface area contributed by atoms with Crippen LogP contribution in [-0.4, -0.2) is 35.0 Å². The van der Waals surface area contributed by atoms with Crippen LogP contribution < -0.4 is 5.32 Å². The van der Waals surface area contributed by atoms with Gasteiger partial charge < -0.3 is 15.5 Å². The Morgan fingerprint density at radius 1 is 1.20 bits per heavy atom. The van der Waals surface area contributed by atoms with E-state index in [4.69, 9.17) is 0 Å². The van der Waals surface area contributed by atoms with Crippen LogP contribution in [0.1, 0.15) is 47.5 Å². The van der Waals surface area contributed by atoms with E-state index in [2.05, 4.69) is 5.32 Å². The number of hydrogen-bond acceptors (Lipinski definition) is 3. The summed E-state index contributed by atoms with van der Waals surface area (Å²) in [6.07, 6.45) is 0.619. The Kier molecular flexibility index (Phi) is 5.78. The molecule has 3 N–H and O–H groups in total. The lowest BCUT2D eigenvalue weighted by Gasteiger charge is -2.41. The first-order valence-corrected chi connectivity index (χ1v) is 5.88. The maximum atomic E-state index is 10.4. The van der Waals surface area contributed by atoms with Gasteiger partial charge in [-0.05, 0) is 18.4 Å². The zero-order valence-corrected chi connectivity index (χ0v) is 10.8. The van der Waals surface area contributed by atoms with Crippen LogP contribution in [0, 0.1) is 5.41 Å². The highest BCUT2D eigenvalue weighted by atomic mass is 16.3. The molecule has 0 aromatic heterocycles. The van der Waals surface area contributed by atoms with Gasteiger partial charge in [-0.15, -0.1) is 0 Å². The van der Waals surface area contributed by atoms with Gasteiger partial charge in [0.1, 0.15) is 0 Å². The summed E-state index contributed by atoms with van der Waals surface area (Å²) in [6, 6.07) is 0. The van der Waals surface area contributed by atoms with Crippen molar-refractivity contribution in [2.24, 2.45) is 5.41 Å². The molecule has 0 aliphatic heterocycles. The summed E-state index contributed by atoms with van der Waals surface area (Å²) >= 11 is 0. The third-order valence-corrected chi connectivity index (χ3v) is 3.18. The summed E-state index contributed by atoms with van der Waals surface area (Å²) in [5.74, 6) is 0. The molecule has 0 saturated heterocycles. The molecule has 0 aromatic carbocycles. The molecule has 0 radical (unpaired) electrons. The van der Waals surface area contributed by atoms with E-state index in [-0.39, 0.29) is 5.41 Å². The lowest BCUT2D eigenvalue weighted by molar-refractivity contribution is -0.0908. The van der Waals surface area contributed by atoms with Crippen LogP contribution in [0.3, 0.4) is 0 Å². The maximum absolute atomic E-state index is 10.4. The molecule has 0 unspecified atom stereocenters. The number of hydrogen-bond donors (Lipinski definition) is 3. The number of aliphatic hydroxyl groups is 2. The molecular weight excluding hydrogens is 190 g/mol. The average Bonchev–Trinajstić information content (AvgIpc) is 2.12. The highest BCUT2D eigenvalue weighted by molar-refractivity contribution is 4.91. The fourth-order valence-electron chi connectivity index (χ4n) is 1.75. The quantitative estimate of drug-likeness (QED) is 0.632. The van der Waals surface area contributed by atoms with Gasteiger partial charge in [-0.3, -0.25) is 0 Å². The molecule has 0 bridgehead atoms. The molecule has 3 nitrogen and oxygen atoms in total. The van der Waals surface area contributed by atoms with Crippen molar-refractivity contribution in [3.8, 4) is 0 Å². The van der Waals surface area contributed by atoms with E-state index in [1.807, 2.05) is 34.6 Å². The maximum Gasteiger partial charge on any atom is 0.0718 e. The van der Waals surface area contributed by atoms with E-state index >= 15 is 0 Å². The summed E-state index contributed by atoms with van der Waals surface area (Å²) in [5.41, 5.74) is -0.989. The highest BCUT2D eigenvalue weighted by Crippen LogP contribution is 2.36. The Labute approximate surface area is 93.9 Å². The lowest BCUT2D eigenvalue weighted by atomic mass is 9.72. The Morgan fingerprint density at radius 2 is 1.73 bits per heavy atom. The number of aliphatic hydroxyl groups excluding tert-OH is 1. The first-order valence-electron chi connectivity index (χ1n) is 5.88. The van der Waals surface area contributed by atoms with Gasteiger partial charge in [0, 0.05) is 13.0 Å². The molecular formula is C12H27NO2. The van der Waals surface area contributed by atoms with Gasteiger partial charge >= 0.3 is 0 Å². The van der Waals surface area contributed by atoms with Crippen molar-refractivity contribution in [3.63, 3.8) is 0 Å². The van der Waals surface area contributed by atoms with Crippen LogP contribution in [0.25, 0.3) is 0 Å². The summed E-state index contributed by atoms with van der Waals surface area (Å²) in [4.78, 5) is 0. The Balaban J connectivity index is 4.31. The molecule has 0 rings (SSSR count). The van der Waals surface area contributed by atoms with E-state index in [0.717, 1.165) is 6.54 Å². The monoisotopic (exact) mass is 217 g/mol. The molecule has 0 aliphatic rings. The van der Waals surface area contributed by atoms with Crippen LogP contribution >= 0.6 is 0 Å². The van der Waals surface area contributed by atoms with E-state index in [1.165, 1.54) is 0 Å². The highest BCUT2D eigenvalue weighted by Gasteiger charge is 2.39. The van der Waals surface area contributed by atoms with Crippen LogP contribution in [0.2, 0.25) is 0 Å². The van der Waals surface area contributed by atoms with Crippen molar-refractivity contribution in [2.75, 3.05) is 13.1 Å². The SMILES string of the molecule is CCNC[C@@H](O)C[C@](O)(CC)C(C)(C)C. The second-order valence-corrected chi connectivity index (χ2v) is 5.30. The Hall–Kier alpha value is -0.120. The van der Waals surface area contributed by atoms with Gasteiger partial charge in [0.25, 0.3) is 0 Å². The molecule has 0 heterocycles. The van der Waals surface area contributed by atoms with Gasteiger partial charge in [-0.25, -0.2) is 0 Å². The van der Waals surface area contributed by atoms with Crippen LogP contribution in [0.15, 0.2) is 0 Å². The van der Waals surface area contributed by atoms with Crippen molar-refractivity contribution >= 4 is 0 Å². The Bertz CT molecular complexity index is 177. The van der Waals surface area contributed by atoms with Crippen LogP contribution in [0.5, 0.6) is 0 Å². The standard InChI is InChI=1S/C12H27NO2/c1-6-12(15,11(3,4)5)8-10(14)9-13-7-2/h10,13-15H,6-9H2,1-5H3/t10-,12+/m0/s1. The summed E-state index contributed by atoms with van der Waals surface area (Å²) in [7, 11) is 0. The minimum Gasteiger partial charge on any atom is -0.392 e. The zero-order valence-electron chi connectivity index (χ0n) is 10.8. The van der Waals surface area contributed by atoms with Crippen molar-refractivity contribution in [1.82, 2.24) is 5.32 Å². The van der Waals surface area contributed by atoms with Crippen molar-refractivity contribution in [2.45, 2.75) is 59.2 Å². The van der Waals surface area contributed by atoms with Crippen molar-refractivity contribution in [1.29, 1.82) is 0 Å². The van der Waals surface area contributed by atoms with E-state index in [1.54, 1.807) is 0 Å². The van der Waals surface area contributed by atoms with Crippen LogP contribution in [0.4, 0.5) is 0 Å². The second kappa shape index (κ2) is 5.83. The van der Waals surface area contributed by atoms with Crippen molar-refractivity contribution in [3.05, 3.63) is 0 Å². The summed E-state index contributed by atoms with van der Waals surface area (Å²) < 4.78 is 0. The largest absolute Gasteiger partial charge is 0.392 e. The summed E-state index contributed by atoms with van der Waals surface area (Å²) in [6.45, 7) is 11.4. The topological polar surface area (TPSA) is 52.5 Å². The van der Waals surface area contributed by atoms with Gasteiger partial charge in [0.15, 0.2) is 0 Å². The molecule has 0 aromatic rings. The lowest BCUT2D eigenvalue weighted by Crippen LogP contribution is -2.46. The molecule has 15 heavy (non-hydrogen) atoms. The fraction of sp³-hybridized carbons (Fsp3) is 1.00. The zero-order chi connectivity index (χ0) is 12.1. The first kappa shape index (κ1) is 14.9. The molecule has 0 fully saturated rings. The first-order chi connectivity index (χ1) is 6.77. The van der Waals surface area contributed by atoms with Gasteiger partial charge in [0.05, 0.1) is 11.7 Å². The van der Waals surface area contributed by atoms with E-state index in [0.29, 0.717) is 19.4 Å². The minimum atomic E-state index is -0.790. The predicted octanol–water partition coefficient (Wildman–Crippen LogP) is 1.53.